The van der Waals surface area contributed by atoms with Gasteiger partial charge in [0.05, 0.1) is 13.2 Å². The lowest BCUT2D eigenvalue weighted by Crippen LogP contribution is -2.45. The second-order valence-corrected chi connectivity index (χ2v) is 6.57. The van der Waals surface area contributed by atoms with Gasteiger partial charge in [-0.3, -0.25) is 0 Å². The Morgan fingerprint density at radius 1 is 0.850 bits per heavy atom. The summed E-state index contributed by atoms with van der Waals surface area (Å²) in [5.74, 6) is 0. The molecule has 0 atom stereocenters. The van der Waals surface area contributed by atoms with E-state index in [1.165, 1.54) is 11.3 Å². The molecule has 0 saturated carbocycles. The van der Waals surface area contributed by atoms with E-state index in [1.54, 1.807) is 0 Å². The number of anilines is 1. The van der Waals surface area contributed by atoms with E-state index in [9.17, 15) is 0 Å². The van der Waals surface area contributed by atoms with Crippen LogP contribution in [0.4, 0.5) is 5.69 Å². The van der Waals surface area contributed by atoms with Crippen LogP contribution in [0.3, 0.4) is 0 Å². The first-order chi connectivity index (χ1) is 9.81. The molecular formula is C15H23N3OS. The Hall–Kier alpha value is -0.750. The van der Waals surface area contributed by atoms with Gasteiger partial charge in [0.1, 0.15) is 0 Å². The van der Waals surface area contributed by atoms with E-state index in [4.69, 9.17) is 4.74 Å². The lowest BCUT2D eigenvalue weighted by atomic mass is 10.2. The van der Waals surface area contributed by atoms with E-state index in [0.717, 1.165) is 52.5 Å². The zero-order valence-electron chi connectivity index (χ0n) is 12.1. The summed E-state index contributed by atoms with van der Waals surface area (Å²) in [4.78, 5) is 2.48. The number of piperazine rings is 1. The number of rotatable bonds is 3. The smallest absolute Gasteiger partial charge is 0.0603 e. The standard InChI is InChI=1S/C15H23N3OS/c1-14-2-4-15(5-3-14)16-6-8-17(9-7-16)20-18-10-12-19-13-11-18/h2-5H,6-13H2,1H3. The van der Waals surface area contributed by atoms with Gasteiger partial charge in [-0.25, -0.2) is 8.61 Å². The molecule has 1 aromatic rings. The number of hydrogen-bond acceptors (Lipinski definition) is 5. The number of ether oxygens (including phenoxy) is 1. The highest BCUT2D eigenvalue weighted by atomic mass is 32.2. The van der Waals surface area contributed by atoms with Crippen molar-refractivity contribution in [2.24, 2.45) is 0 Å². The van der Waals surface area contributed by atoms with Gasteiger partial charge in [0.2, 0.25) is 0 Å². The normalized spacial score (nSPS) is 22.1. The number of morpholine rings is 1. The van der Waals surface area contributed by atoms with Gasteiger partial charge in [0.25, 0.3) is 0 Å². The van der Waals surface area contributed by atoms with Gasteiger partial charge >= 0.3 is 0 Å². The quantitative estimate of drug-likeness (QED) is 0.792. The first-order valence-corrected chi connectivity index (χ1v) is 8.12. The summed E-state index contributed by atoms with van der Waals surface area (Å²) in [6.07, 6.45) is 0. The van der Waals surface area contributed by atoms with Crippen molar-refractivity contribution in [1.29, 1.82) is 0 Å². The Bertz CT molecular complexity index is 412. The van der Waals surface area contributed by atoms with Crippen molar-refractivity contribution in [3.05, 3.63) is 29.8 Å². The highest BCUT2D eigenvalue weighted by Gasteiger charge is 2.21. The number of nitrogens with zero attached hydrogens (tertiary/aromatic N) is 3. The van der Waals surface area contributed by atoms with Crippen molar-refractivity contribution in [3.63, 3.8) is 0 Å². The van der Waals surface area contributed by atoms with Crippen molar-refractivity contribution in [1.82, 2.24) is 8.61 Å². The molecule has 0 bridgehead atoms. The van der Waals surface area contributed by atoms with E-state index in [0.29, 0.717) is 0 Å². The Kier molecular flexibility index (Phi) is 4.83. The summed E-state index contributed by atoms with van der Waals surface area (Å²) in [7, 11) is 0. The number of hydrogen-bond donors (Lipinski definition) is 0. The second kappa shape index (κ2) is 6.80. The molecule has 110 valence electrons. The first-order valence-electron chi connectivity index (χ1n) is 7.38. The third-order valence-electron chi connectivity index (χ3n) is 3.84. The molecule has 2 saturated heterocycles. The molecule has 3 rings (SSSR count). The van der Waals surface area contributed by atoms with Gasteiger partial charge in [-0.2, -0.15) is 0 Å². The molecule has 0 aliphatic carbocycles. The molecule has 0 amide bonds. The van der Waals surface area contributed by atoms with Crippen LogP contribution in [0, 0.1) is 6.92 Å². The zero-order valence-corrected chi connectivity index (χ0v) is 12.9. The lowest BCUT2D eigenvalue weighted by Gasteiger charge is -2.38. The van der Waals surface area contributed by atoms with Gasteiger partial charge in [-0.15, -0.1) is 0 Å². The summed E-state index contributed by atoms with van der Waals surface area (Å²) in [5, 5.41) is 0. The fourth-order valence-corrected chi connectivity index (χ4v) is 3.54. The Morgan fingerprint density at radius 3 is 2.10 bits per heavy atom. The molecule has 1 aromatic carbocycles. The van der Waals surface area contributed by atoms with Crippen LogP contribution in [0.15, 0.2) is 24.3 Å². The molecule has 0 unspecified atom stereocenters. The molecular weight excluding hydrogens is 270 g/mol. The Morgan fingerprint density at radius 2 is 1.45 bits per heavy atom. The predicted octanol–water partition coefficient (Wildman–Crippen LogP) is 2.01. The minimum Gasteiger partial charge on any atom is -0.379 e. The van der Waals surface area contributed by atoms with Crippen LogP contribution in [0.25, 0.3) is 0 Å². The largest absolute Gasteiger partial charge is 0.379 e. The Labute approximate surface area is 125 Å². The summed E-state index contributed by atoms with van der Waals surface area (Å²) in [6.45, 7) is 10.4. The monoisotopic (exact) mass is 293 g/mol. The van der Waals surface area contributed by atoms with Crippen molar-refractivity contribution >= 4 is 17.8 Å². The SMILES string of the molecule is Cc1ccc(N2CCN(SN3CCOCC3)CC2)cc1. The van der Waals surface area contributed by atoms with Crippen LogP contribution in [0.5, 0.6) is 0 Å². The van der Waals surface area contributed by atoms with Crippen LogP contribution in [-0.2, 0) is 4.74 Å². The highest BCUT2D eigenvalue weighted by molar-refractivity contribution is 7.94. The number of benzene rings is 1. The van der Waals surface area contributed by atoms with Crippen LogP contribution in [0.2, 0.25) is 0 Å². The van der Waals surface area contributed by atoms with E-state index in [2.05, 4.69) is 44.7 Å². The van der Waals surface area contributed by atoms with Gasteiger partial charge in [0.15, 0.2) is 0 Å². The molecule has 5 heteroatoms. The fourth-order valence-electron chi connectivity index (χ4n) is 2.58. The lowest BCUT2D eigenvalue weighted by molar-refractivity contribution is 0.0757. The Balaban J connectivity index is 1.47. The van der Waals surface area contributed by atoms with Crippen LogP contribution < -0.4 is 4.90 Å². The van der Waals surface area contributed by atoms with Gasteiger partial charge in [0, 0.05) is 57.1 Å². The third-order valence-corrected chi connectivity index (χ3v) is 5.03. The number of aryl methyl sites for hydroxylation is 1. The molecule has 2 aliphatic heterocycles. The average molecular weight is 293 g/mol. The maximum absolute atomic E-state index is 5.39. The van der Waals surface area contributed by atoms with Crippen molar-refractivity contribution in [3.8, 4) is 0 Å². The molecule has 0 radical (unpaired) electrons. The molecule has 0 N–H and O–H groups in total. The molecule has 20 heavy (non-hydrogen) atoms. The van der Waals surface area contributed by atoms with Gasteiger partial charge < -0.3 is 9.64 Å². The van der Waals surface area contributed by atoms with Crippen LogP contribution >= 0.6 is 12.1 Å². The van der Waals surface area contributed by atoms with Crippen molar-refractivity contribution in [2.75, 3.05) is 57.4 Å². The van der Waals surface area contributed by atoms with Gasteiger partial charge in [-0.05, 0) is 19.1 Å². The fraction of sp³-hybridized carbons (Fsp3) is 0.600. The van der Waals surface area contributed by atoms with E-state index in [1.807, 2.05) is 12.1 Å². The van der Waals surface area contributed by atoms with E-state index < -0.39 is 0 Å². The topological polar surface area (TPSA) is 19.0 Å². The van der Waals surface area contributed by atoms with E-state index >= 15 is 0 Å². The summed E-state index contributed by atoms with van der Waals surface area (Å²) in [6, 6.07) is 8.87. The summed E-state index contributed by atoms with van der Waals surface area (Å²) >= 11 is 1.90. The van der Waals surface area contributed by atoms with Crippen molar-refractivity contribution in [2.45, 2.75) is 6.92 Å². The molecule has 0 aromatic heterocycles. The first kappa shape index (κ1) is 14.2. The third kappa shape index (κ3) is 3.67. The molecule has 2 aliphatic rings. The second-order valence-electron chi connectivity index (χ2n) is 5.37. The summed E-state index contributed by atoms with van der Waals surface area (Å²) < 4.78 is 10.3. The van der Waals surface area contributed by atoms with Gasteiger partial charge in [-0.1, -0.05) is 17.7 Å². The highest BCUT2D eigenvalue weighted by Crippen LogP contribution is 2.22. The minimum absolute atomic E-state index is 0.871. The van der Waals surface area contributed by atoms with Crippen molar-refractivity contribution < 1.29 is 4.74 Å². The van der Waals surface area contributed by atoms with Crippen LogP contribution in [0.1, 0.15) is 5.56 Å². The molecule has 4 nitrogen and oxygen atoms in total. The molecule has 0 spiro atoms. The average Bonchev–Trinajstić information content (AvgIpc) is 2.50. The summed E-state index contributed by atoms with van der Waals surface area (Å²) in [5.41, 5.74) is 2.68. The maximum atomic E-state index is 5.39. The van der Waals surface area contributed by atoms with E-state index in [-0.39, 0.29) is 0 Å². The zero-order chi connectivity index (χ0) is 13.8. The minimum atomic E-state index is 0.871. The predicted molar refractivity (Wildman–Crippen MR) is 84.9 cm³/mol. The maximum Gasteiger partial charge on any atom is 0.0603 e. The molecule has 2 heterocycles. The molecule has 2 fully saturated rings. The van der Waals surface area contributed by atoms with Crippen LogP contribution in [-0.4, -0.2) is 61.1 Å².